The Morgan fingerprint density at radius 3 is 2.70 bits per heavy atom. The molecule has 0 bridgehead atoms. The second kappa shape index (κ2) is 7.45. The Balaban J connectivity index is 0.00000192. The molecule has 2 fully saturated rings. The molecule has 3 rings (SSSR count). The number of carbonyl (C=O) groups is 1. The van der Waals surface area contributed by atoms with Crippen LogP contribution in [0.4, 0.5) is 8.78 Å². The van der Waals surface area contributed by atoms with Gasteiger partial charge in [0, 0.05) is 18.5 Å². The van der Waals surface area contributed by atoms with Gasteiger partial charge in [-0.3, -0.25) is 10.1 Å². The zero-order valence-electron chi connectivity index (χ0n) is 12.7. The lowest BCUT2D eigenvalue weighted by atomic mass is 9.96. The molecule has 23 heavy (non-hydrogen) atoms. The van der Waals surface area contributed by atoms with Gasteiger partial charge in [0.25, 0.3) is 5.92 Å². The molecule has 1 amide bonds. The summed E-state index contributed by atoms with van der Waals surface area (Å²) in [6.45, 7) is -0.155. The predicted octanol–water partition coefficient (Wildman–Crippen LogP) is 2.65. The van der Waals surface area contributed by atoms with Gasteiger partial charge in [-0.15, -0.1) is 12.4 Å². The summed E-state index contributed by atoms with van der Waals surface area (Å²) in [6, 6.07) is 6.69. The minimum Gasteiger partial charge on any atom is -0.490 e. The van der Waals surface area contributed by atoms with Crippen LogP contribution in [0.5, 0.6) is 5.75 Å². The Bertz CT molecular complexity index is 553. The molecule has 1 aromatic carbocycles. The Kier molecular flexibility index (Phi) is 5.81. The molecule has 4 nitrogen and oxygen atoms in total. The fourth-order valence-electron chi connectivity index (χ4n) is 2.64. The molecule has 1 aliphatic carbocycles. The first-order chi connectivity index (χ1) is 10.5. The maximum atomic E-state index is 13.1. The molecule has 0 aromatic heterocycles. The predicted molar refractivity (Wildman–Crippen MR) is 85.2 cm³/mol. The summed E-state index contributed by atoms with van der Waals surface area (Å²) in [5.41, 5.74) is 0.868. The molecule has 1 aliphatic heterocycles. The van der Waals surface area contributed by atoms with Gasteiger partial charge < -0.3 is 10.1 Å². The van der Waals surface area contributed by atoms with Gasteiger partial charge >= 0.3 is 0 Å². The summed E-state index contributed by atoms with van der Waals surface area (Å²) < 4.78 is 32.1. The van der Waals surface area contributed by atoms with Crippen LogP contribution in [0.3, 0.4) is 0 Å². The molecule has 1 atom stereocenters. The Morgan fingerprint density at radius 2 is 2.09 bits per heavy atom. The number of hydrogen-bond acceptors (Lipinski definition) is 3. The van der Waals surface area contributed by atoms with Crippen LogP contribution in [0.15, 0.2) is 24.3 Å². The Morgan fingerprint density at radius 1 is 1.35 bits per heavy atom. The van der Waals surface area contributed by atoms with Crippen LogP contribution in [0, 0.1) is 0 Å². The van der Waals surface area contributed by atoms with Crippen LogP contribution in [0.1, 0.15) is 31.2 Å². The lowest BCUT2D eigenvalue weighted by molar-refractivity contribution is -0.123. The lowest BCUT2D eigenvalue weighted by Gasteiger charge is -2.27. The van der Waals surface area contributed by atoms with Gasteiger partial charge in [-0.25, -0.2) is 8.78 Å². The number of hydrogen-bond donors (Lipinski definition) is 2. The third-order valence-electron chi connectivity index (χ3n) is 4.20. The molecule has 1 aromatic rings. The zero-order valence-corrected chi connectivity index (χ0v) is 13.5. The standard InChI is InChI=1S/C16H20F2N2O2.ClH/c17-16(18)8-13(20-10-16)15(21)19-9-11-4-1-2-7-14(11)22-12-5-3-6-12;/h1-2,4,7,12-13,20H,3,5-6,8-10H2,(H,19,21);1H. The minimum absolute atomic E-state index is 0. The highest BCUT2D eigenvalue weighted by Crippen LogP contribution is 2.28. The van der Waals surface area contributed by atoms with E-state index < -0.39 is 30.8 Å². The topological polar surface area (TPSA) is 50.4 Å². The van der Waals surface area contributed by atoms with E-state index in [0.717, 1.165) is 24.2 Å². The summed E-state index contributed by atoms with van der Waals surface area (Å²) in [5.74, 6) is -2.43. The van der Waals surface area contributed by atoms with E-state index in [0.29, 0.717) is 0 Å². The quantitative estimate of drug-likeness (QED) is 0.861. The lowest BCUT2D eigenvalue weighted by Crippen LogP contribution is -2.40. The second-order valence-electron chi connectivity index (χ2n) is 5.99. The van der Waals surface area contributed by atoms with Crippen LogP contribution < -0.4 is 15.4 Å². The number of benzene rings is 1. The van der Waals surface area contributed by atoms with E-state index in [1.54, 1.807) is 0 Å². The van der Waals surface area contributed by atoms with Crippen LogP contribution in [0.2, 0.25) is 0 Å². The van der Waals surface area contributed by atoms with Gasteiger partial charge in [0.2, 0.25) is 5.91 Å². The highest BCUT2D eigenvalue weighted by Gasteiger charge is 2.42. The van der Waals surface area contributed by atoms with Crippen molar-refractivity contribution < 1.29 is 18.3 Å². The van der Waals surface area contributed by atoms with Crippen LogP contribution in [-0.4, -0.2) is 30.5 Å². The molecular weight excluding hydrogens is 326 g/mol. The number of nitrogens with one attached hydrogen (secondary N) is 2. The highest BCUT2D eigenvalue weighted by atomic mass is 35.5. The third kappa shape index (κ3) is 4.54. The summed E-state index contributed by atoms with van der Waals surface area (Å²) in [5, 5.41) is 5.27. The molecule has 2 aliphatic rings. The van der Waals surface area contributed by atoms with Crippen molar-refractivity contribution in [2.75, 3.05) is 6.54 Å². The number of alkyl halides is 2. The molecular formula is C16H21ClF2N2O2. The van der Waals surface area contributed by atoms with Crippen molar-refractivity contribution in [3.8, 4) is 5.75 Å². The van der Waals surface area contributed by atoms with E-state index in [9.17, 15) is 13.6 Å². The molecule has 7 heteroatoms. The van der Waals surface area contributed by atoms with E-state index in [-0.39, 0.29) is 25.1 Å². The molecule has 128 valence electrons. The third-order valence-corrected chi connectivity index (χ3v) is 4.20. The van der Waals surface area contributed by atoms with Crippen molar-refractivity contribution in [3.63, 3.8) is 0 Å². The molecule has 1 saturated heterocycles. The first-order valence-corrected chi connectivity index (χ1v) is 7.67. The summed E-state index contributed by atoms with van der Waals surface area (Å²) in [7, 11) is 0. The summed E-state index contributed by atoms with van der Waals surface area (Å²) >= 11 is 0. The maximum Gasteiger partial charge on any atom is 0.262 e. The van der Waals surface area contributed by atoms with Crippen LogP contribution in [-0.2, 0) is 11.3 Å². The van der Waals surface area contributed by atoms with E-state index in [1.165, 1.54) is 6.42 Å². The smallest absolute Gasteiger partial charge is 0.262 e. The van der Waals surface area contributed by atoms with Gasteiger partial charge in [-0.1, -0.05) is 18.2 Å². The average Bonchev–Trinajstić information content (AvgIpc) is 2.81. The van der Waals surface area contributed by atoms with Crippen molar-refractivity contribution in [1.82, 2.24) is 10.6 Å². The monoisotopic (exact) mass is 346 g/mol. The van der Waals surface area contributed by atoms with E-state index in [4.69, 9.17) is 4.74 Å². The normalized spacial score (nSPS) is 22.8. The molecule has 0 spiro atoms. The Labute approximate surface area is 140 Å². The van der Waals surface area contributed by atoms with Gasteiger partial charge in [-0.2, -0.15) is 0 Å². The number of halogens is 3. The first-order valence-electron chi connectivity index (χ1n) is 7.67. The number of rotatable bonds is 5. The number of amides is 1. The fraction of sp³-hybridized carbons (Fsp3) is 0.562. The van der Waals surface area contributed by atoms with E-state index in [1.807, 2.05) is 24.3 Å². The van der Waals surface area contributed by atoms with Crippen molar-refractivity contribution in [2.24, 2.45) is 0 Å². The molecule has 2 N–H and O–H groups in total. The van der Waals surface area contributed by atoms with Crippen molar-refractivity contribution in [3.05, 3.63) is 29.8 Å². The van der Waals surface area contributed by atoms with Gasteiger partial charge in [-0.05, 0) is 25.3 Å². The SMILES string of the molecule is Cl.O=C(NCc1ccccc1OC1CCC1)C1CC(F)(F)CN1. The molecule has 1 saturated carbocycles. The highest BCUT2D eigenvalue weighted by molar-refractivity contribution is 5.85. The van der Waals surface area contributed by atoms with E-state index in [2.05, 4.69) is 10.6 Å². The van der Waals surface area contributed by atoms with Crippen molar-refractivity contribution in [2.45, 2.75) is 50.3 Å². The molecule has 1 heterocycles. The number of ether oxygens (including phenoxy) is 1. The molecule has 0 radical (unpaired) electrons. The first kappa shape index (κ1) is 17.9. The van der Waals surface area contributed by atoms with Crippen molar-refractivity contribution >= 4 is 18.3 Å². The number of para-hydroxylation sites is 1. The van der Waals surface area contributed by atoms with E-state index >= 15 is 0 Å². The summed E-state index contributed by atoms with van der Waals surface area (Å²) in [4.78, 5) is 12.0. The van der Waals surface area contributed by atoms with Gasteiger partial charge in [0.05, 0.1) is 18.7 Å². The van der Waals surface area contributed by atoms with Crippen LogP contribution >= 0.6 is 12.4 Å². The molecule has 1 unspecified atom stereocenters. The van der Waals surface area contributed by atoms with Crippen LogP contribution in [0.25, 0.3) is 0 Å². The Hall–Kier alpha value is -1.40. The second-order valence-corrected chi connectivity index (χ2v) is 5.99. The minimum atomic E-state index is -2.80. The average molecular weight is 347 g/mol. The number of carbonyl (C=O) groups excluding carboxylic acids is 1. The largest absolute Gasteiger partial charge is 0.490 e. The van der Waals surface area contributed by atoms with Gasteiger partial charge in [0.15, 0.2) is 0 Å². The fourth-order valence-corrected chi connectivity index (χ4v) is 2.64. The van der Waals surface area contributed by atoms with Crippen molar-refractivity contribution in [1.29, 1.82) is 0 Å². The zero-order chi connectivity index (χ0) is 15.6. The maximum absolute atomic E-state index is 13.1. The van der Waals surface area contributed by atoms with Gasteiger partial charge in [0.1, 0.15) is 5.75 Å². The summed E-state index contributed by atoms with van der Waals surface area (Å²) in [6.07, 6.45) is 3.11.